The normalized spacial score (nSPS) is 12.7. The Kier molecular flexibility index (Phi) is 5.20. The van der Waals surface area contributed by atoms with Crippen LogP contribution in [-0.2, 0) is 4.79 Å². The lowest BCUT2D eigenvalue weighted by atomic mass is 10.2. The molecule has 1 amide bonds. The van der Waals surface area contributed by atoms with Crippen molar-refractivity contribution < 1.29 is 23.6 Å². The van der Waals surface area contributed by atoms with Crippen molar-refractivity contribution in [1.82, 2.24) is 0 Å². The SMILES string of the molecule is CS(O)(#CO)Nc1cc2occ(NC=O)c(=O)c2cc1Oc1ccccc1. The quantitative estimate of drug-likeness (QED) is 0.492. The van der Waals surface area contributed by atoms with Gasteiger partial charge in [0.2, 0.25) is 11.8 Å². The molecule has 140 valence electrons. The van der Waals surface area contributed by atoms with E-state index in [9.17, 15) is 14.1 Å². The maximum atomic E-state index is 12.5. The molecule has 2 aromatic carbocycles. The van der Waals surface area contributed by atoms with Gasteiger partial charge in [-0.3, -0.25) is 9.59 Å². The number of nitrogens with one attached hydrogen (secondary N) is 2. The molecule has 0 saturated carbocycles. The summed E-state index contributed by atoms with van der Waals surface area (Å²) in [6.07, 6.45) is 2.86. The van der Waals surface area contributed by atoms with Crippen molar-refractivity contribution in [2.45, 2.75) is 0 Å². The lowest BCUT2D eigenvalue weighted by molar-refractivity contribution is -0.105. The van der Waals surface area contributed by atoms with E-state index < -0.39 is 15.3 Å². The summed E-state index contributed by atoms with van der Waals surface area (Å²) >= 11 is 0. The van der Waals surface area contributed by atoms with Gasteiger partial charge in [0.1, 0.15) is 23.3 Å². The highest BCUT2D eigenvalue weighted by molar-refractivity contribution is 8.19. The number of amides is 1. The summed E-state index contributed by atoms with van der Waals surface area (Å²) in [6, 6.07) is 11.7. The summed E-state index contributed by atoms with van der Waals surface area (Å²) in [6.45, 7) is 0. The van der Waals surface area contributed by atoms with E-state index in [1.54, 1.807) is 29.6 Å². The maximum absolute atomic E-state index is 12.5. The van der Waals surface area contributed by atoms with Gasteiger partial charge in [0, 0.05) is 22.2 Å². The molecular weight excluding hydrogens is 372 g/mol. The lowest BCUT2D eigenvalue weighted by Crippen LogP contribution is -2.10. The van der Waals surface area contributed by atoms with Gasteiger partial charge in [-0.05, 0) is 18.2 Å². The fourth-order valence-electron chi connectivity index (χ4n) is 2.34. The zero-order valence-corrected chi connectivity index (χ0v) is 14.9. The minimum Gasteiger partial charge on any atom is -0.462 e. The predicted molar refractivity (Wildman–Crippen MR) is 104 cm³/mol. The Balaban J connectivity index is 2.19. The van der Waals surface area contributed by atoms with E-state index >= 15 is 0 Å². The molecule has 0 aliphatic carbocycles. The molecule has 9 heteroatoms. The van der Waals surface area contributed by atoms with E-state index in [1.165, 1.54) is 18.4 Å². The fourth-order valence-corrected chi connectivity index (χ4v) is 2.97. The number of anilines is 2. The molecule has 0 fully saturated rings. The highest BCUT2D eigenvalue weighted by atomic mass is 32.2. The summed E-state index contributed by atoms with van der Waals surface area (Å²) in [5.74, 6) is 0.713. The van der Waals surface area contributed by atoms with E-state index in [0.29, 0.717) is 12.2 Å². The van der Waals surface area contributed by atoms with Crippen LogP contribution in [0.5, 0.6) is 11.5 Å². The third kappa shape index (κ3) is 4.13. The smallest absolute Gasteiger partial charge is 0.216 e. The summed E-state index contributed by atoms with van der Waals surface area (Å²) in [5, 5.41) is 13.4. The van der Waals surface area contributed by atoms with Crippen molar-refractivity contribution in [3.8, 4) is 16.9 Å². The Morgan fingerprint density at radius 1 is 1.22 bits per heavy atom. The molecule has 0 bridgehead atoms. The highest BCUT2D eigenvalue weighted by Crippen LogP contribution is 2.37. The van der Waals surface area contributed by atoms with Gasteiger partial charge < -0.3 is 28.9 Å². The number of aliphatic hydroxyl groups is 1. The van der Waals surface area contributed by atoms with Crippen LogP contribution in [0.1, 0.15) is 0 Å². The third-order valence-electron chi connectivity index (χ3n) is 3.55. The van der Waals surface area contributed by atoms with Crippen LogP contribution < -0.4 is 20.2 Å². The van der Waals surface area contributed by atoms with Crippen LogP contribution >= 0.6 is 9.90 Å². The molecule has 8 nitrogen and oxygen atoms in total. The van der Waals surface area contributed by atoms with Crippen molar-refractivity contribution in [2.75, 3.05) is 16.3 Å². The monoisotopic (exact) mass is 388 g/mol. The Morgan fingerprint density at radius 3 is 2.63 bits per heavy atom. The number of para-hydroxylation sites is 1. The topological polar surface area (TPSA) is 121 Å². The Hall–Kier alpha value is -3.23. The lowest BCUT2D eigenvalue weighted by Gasteiger charge is -2.18. The molecular formula is C18H16N2O6S. The average Bonchev–Trinajstić information content (AvgIpc) is 2.66. The minimum absolute atomic E-state index is 0.0153. The summed E-state index contributed by atoms with van der Waals surface area (Å²) in [5.41, 5.74) is 0.0189. The van der Waals surface area contributed by atoms with E-state index in [2.05, 4.69) is 10.0 Å². The first kappa shape index (κ1) is 18.6. The van der Waals surface area contributed by atoms with Crippen LogP contribution in [0.3, 0.4) is 0 Å². The van der Waals surface area contributed by atoms with E-state index in [4.69, 9.17) is 14.3 Å². The van der Waals surface area contributed by atoms with Gasteiger partial charge in [-0.15, -0.1) is 0 Å². The molecule has 1 unspecified atom stereocenters. The van der Waals surface area contributed by atoms with Crippen molar-refractivity contribution in [2.24, 2.45) is 0 Å². The van der Waals surface area contributed by atoms with Crippen molar-refractivity contribution in [1.29, 1.82) is 0 Å². The second-order valence-corrected chi connectivity index (χ2v) is 7.71. The highest BCUT2D eigenvalue weighted by Gasteiger charge is 2.15. The second kappa shape index (κ2) is 7.56. The van der Waals surface area contributed by atoms with Crippen LogP contribution in [0.25, 0.3) is 11.0 Å². The summed E-state index contributed by atoms with van der Waals surface area (Å²) in [7, 11) is -2.79. The molecule has 1 aromatic heterocycles. The van der Waals surface area contributed by atoms with Gasteiger partial charge in [-0.2, -0.15) is 0 Å². The summed E-state index contributed by atoms with van der Waals surface area (Å²) in [4.78, 5) is 23.2. The van der Waals surface area contributed by atoms with Crippen LogP contribution in [0.2, 0.25) is 0 Å². The molecule has 0 spiro atoms. The van der Waals surface area contributed by atoms with Gasteiger partial charge in [-0.25, -0.2) is 0 Å². The summed E-state index contributed by atoms with van der Waals surface area (Å²) < 4.78 is 24.1. The number of fused-ring (bicyclic) bond motifs is 1. The number of rotatable bonds is 5. The molecule has 0 aliphatic rings. The van der Waals surface area contributed by atoms with Crippen LogP contribution in [0.15, 0.2) is 57.9 Å². The number of carbonyl (C=O) groups is 1. The Bertz CT molecular complexity index is 1170. The molecule has 0 aliphatic heterocycles. The van der Waals surface area contributed by atoms with Crippen molar-refractivity contribution in [3.63, 3.8) is 0 Å². The second-order valence-electron chi connectivity index (χ2n) is 5.57. The Morgan fingerprint density at radius 2 is 1.96 bits per heavy atom. The van der Waals surface area contributed by atoms with Gasteiger partial charge in [0.05, 0.1) is 16.4 Å². The Labute approximate surface area is 154 Å². The van der Waals surface area contributed by atoms with Crippen molar-refractivity contribution in [3.05, 3.63) is 59.0 Å². The molecule has 3 rings (SSSR count). The van der Waals surface area contributed by atoms with Crippen LogP contribution in [0.4, 0.5) is 11.4 Å². The zero-order chi connectivity index (χ0) is 19.4. The first-order valence-electron chi connectivity index (χ1n) is 7.65. The average molecular weight is 388 g/mol. The van der Waals surface area contributed by atoms with E-state index in [0.717, 1.165) is 6.26 Å². The molecule has 3 aromatic rings. The predicted octanol–water partition coefficient (Wildman–Crippen LogP) is 3.68. The van der Waals surface area contributed by atoms with Gasteiger partial charge in [-0.1, -0.05) is 18.2 Å². The van der Waals surface area contributed by atoms with Crippen molar-refractivity contribution >= 4 is 38.7 Å². The number of ether oxygens (including phenoxy) is 1. The molecule has 0 saturated heterocycles. The maximum Gasteiger partial charge on any atom is 0.216 e. The molecule has 0 radical (unpaired) electrons. The fraction of sp³-hybridized carbons (Fsp3) is 0.0556. The van der Waals surface area contributed by atoms with Crippen LogP contribution in [0, 0.1) is 5.37 Å². The minimum atomic E-state index is -2.79. The van der Waals surface area contributed by atoms with E-state index in [-0.39, 0.29) is 28.1 Å². The first-order chi connectivity index (χ1) is 12.9. The largest absolute Gasteiger partial charge is 0.462 e. The van der Waals surface area contributed by atoms with Gasteiger partial charge in [0.25, 0.3) is 0 Å². The third-order valence-corrected chi connectivity index (χ3v) is 4.52. The number of benzene rings is 2. The van der Waals surface area contributed by atoms with Gasteiger partial charge >= 0.3 is 0 Å². The zero-order valence-electron chi connectivity index (χ0n) is 14.1. The standard InChI is InChI=1S/C18H16N2O6S/c1-27(24,11-22)20-14-8-16-13(18(23)15(9-25-16)19-10-21)7-17(14)26-12-5-3-2-4-6-12/h2-10,20,22,24H,1H3,(H,19,21). The van der Waals surface area contributed by atoms with Crippen LogP contribution in [-0.4, -0.2) is 22.3 Å². The molecule has 27 heavy (non-hydrogen) atoms. The van der Waals surface area contributed by atoms with Gasteiger partial charge in [0.15, 0.2) is 5.75 Å². The molecule has 1 atom stereocenters. The molecule has 4 N–H and O–H groups in total. The number of aliphatic hydroxyl groups excluding tert-OH is 1. The first-order valence-corrected chi connectivity index (χ1v) is 9.65. The van der Waals surface area contributed by atoms with E-state index in [1.807, 2.05) is 6.07 Å². The number of carbonyl (C=O) groups excluding carboxylic acids is 1. The number of hydrogen-bond donors (Lipinski definition) is 4. The number of hydrogen-bond acceptors (Lipinski definition) is 7. The molecule has 1 heterocycles.